The first kappa shape index (κ1) is 11.4. The molecule has 0 aliphatic heterocycles. The minimum atomic E-state index is 0.853. The second kappa shape index (κ2) is 4.91. The highest BCUT2D eigenvalue weighted by Crippen LogP contribution is 2.23. The summed E-state index contributed by atoms with van der Waals surface area (Å²) in [6.07, 6.45) is 0.853. The van der Waals surface area contributed by atoms with Crippen LogP contribution in [0.25, 0.3) is 10.9 Å². The molecule has 0 saturated heterocycles. The van der Waals surface area contributed by atoms with Gasteiger partial charge in [0.25, 0.3) is 0 Å². The van der Waals surface area contributed by atoms with Gasteiger partial charge in [-0.2, -0.15) is 0 Å². The maximum absolute atomic E-state index is 4.72. The zero-order chi connectivity index (χ0) is 12.4. The van der Waals surface area contributed by atoms with Gasteiger partial charge < -0.3 is 0 Å². The Morgan fingerprint density at radius 2 is 1.61 bits per heavy atom. The molecular weight excluding hydrogens is 286 g/mol. The van der Waals surface area contributed by atoms with Crippen LogP contribution in [0.1, 0.15) is 11.3 Å². The number of halogens is 1. The second-order valence-corrected chi connectivity index (χ2v) is 5.13. The van der Waals surface area contributed by atoms with E-state index in [1.54, 1.807) is 0 Å². The van der Waals surface area contributed by atoms with Gasteiger partial charge in [-0.05, 0) is 33.6 Å². The predicted molar refractivity (Wildman–Crippen MR) is 78.7 cm³/mol. The van der Waals surface area contributed by atoms with Crippen LogP contribution < -0.4 is 0 Å². The Hall–Kier alpha value is -1.67. The first-order valence-corrected chi connectivity index (χ1v) is 6.70. The molecule has 0 saturated carbocycles. The topological polar surface area (TPSA) is 12.9 Å². The summed E-state index contributed by atoms with van der Waals surface area (Å²) in [5, 5.41) is 1.17. The zero-order valence-electron chi connectivity index (χ0n) is 9.81. The van der Waals surface area contributed by atoms with Gasteiger partial charge >= 0.3 is 0 Å². The maximum atomic E-state index is 4.72. The van der Waals surface area contributed by atoms with E-state index in [2.05, 4.69) is 58.4 Å². The van der Waals surface area contributed by atoms with Crippen molar-refractivity contribution in [3.05, 3.63) is 76.4 Å². The van der Waals surface area contributed by atoms with E-state index in [0.717, 1.165) is 22.1 Å². The highest BCUT2D eigenvalue weighted by Gasteiger charge is 2.05. The first-order chi connectivity index (χ1) is 8.83. The Morgan fingerprint density at radius 1 is 0.889 bits per heavy atom. The summed E-state index contributed by atoms with van der Waals surface area (Å²) in [5.74, 6) is 0. The Bertz CT molecular complexity index is 677. The normalized spacial score (nSPS) is 10.7. The van der Waals surface area contributed by atoms with Crippen LogP contribution in [0.3, 0.4) is 0 Å². The Labute approximate surface area is 115 Å². The summed E-state index contributed by atoms with van der Waals surface area (Å²) in [6, 6.07) is 20.7. The smallest absolute Gasteiger partial charge is 0.0706 e. The van der Waals surface area contributed by atoms with Crippen molar-refractivity contribution in [3.8, 4) is 0 Å². The molecule has 2 aromatic carbocycles. The predicted octanol–water partition coefficient (Wildman–Crippen LogP) is 4.59. The molecule has 1 heterocycles. The van der Waals surface area contributed by atoms with Crippen molar-refractivity contribution in [2.75, 3.05) is 0 Å². The van der Waals surface area contributed by atoms with Crippen LogP contribution in [0.5, 0.6) is 0 Å². The van der Waals surface area contributed by atoms with E-state index in [4.69, 9.17) is 4.98 Å². The fraction of sp³-hybridized carbons (Fsp3) is 0.0625. The fourth-order valence-electron chi connectivity index (χ4n) is 2.04. The van der Waals surface area contributed by atoms with Gasteiger partial charge in [-0.15, -0.1) is 0 Å². The number of hydrogen-bond acceptors (Lipinski definition) is 1. The minimum absolute atomic E-state index is 0.853. The van der Waals surface area contributed by atoms with Crippen molar-refractivity contribution in [3.63, 3.8) is 0 Å². The number of hydrogen-bond donors (Lipinski definition) is 0. The highest BCUT2D eigenvalue weighted by atomic mass is 79.9. The van der Waals surface area contributed by atoms with E-state index in [0.29, 0.717) is 0 Å². The molecule has 0 aliphatic rings. The van der Waals surface area contributed by atoms with Crippen LogP contribution in [0.15, 0.2) is 65.1 Å². The van der Waals surface area contributed by atoms with E-state index < -0.39 is 0 Å². The van der Waals surface area contributed by atoms with Gasteiger partial charge in [-0.3, -0.25) is 4.98 Å². The molecule has 0 amide bonds. The largest absolute Gasteiger partial charge is 0.251 e. The molecule has 18 heavy (non-hydrogen) atoms. The van der Waals surface area contributed by atoms with Crippen molar-refractivity contribution in [2.24, 2.45) is 0 Å². The maximum Gasteiger partial charge on any atom is 0.0706 e. The molecule has 1 nitrogen and oxygen atoms in total. The summed E-state index contributed by atoms with van der Waals surface area (Å²) in [7, 11) is 0. The van der Waals surface area contributed by atoms with Crippen molar-refractivity contribution in [1.29, 1.82) is 0 Å². The number of benzene rings is 2. The number of fused-ring (bicyclic) bond motifs is 1. The average Bonchev–Trinajstić information content (AvgIpc) is 2.41. The van der Waals surface area contributed by atoms with Crippen LogP contribution in [-0.2, 0) is 6.42 Å². The Morgan fingerprint density at radius 3 is 2.44 bits per heavy atom. The van der Waals surface area contributed by atoms with Crippen LogP contribution >= 0.6 is 15.9 Å². The summed E-state index contributed by atoms with van der Waals surface area (Å²) < 4.78 is 1.07. The second-order valence-electron chi connectivity index (χ2n) is 4.27. The number of rotatable bonds is 2. The minimum Gasteiger partial charge on any atom is -0.251 e. The van der Waals surface area contributed by atoms with Crippen molar-refractivity contribution >= 4 is 26.8 Å². The lowest BCUT2D eigenvalue weighted by Gasteiger charge is -2.06. The fourth-order valence-corrected chi connectivity index (χ4v) is 2.52. The third-order valence-electron chi connectivity index (χ3n) is 2.96. The van der Waals surface area contributed by atoms with Crippen LogP contribution in [0, 0.1) is 0 Å². The molecule has 0 spiro atoms. The van der Waals surface area contributed by atoms with Gasteiger partial charge in [0.2, 0.25) is 0 Å². The van der Waals surface area contributed by atoms with Crippen LogP contribution in [-0.4, -0.2) is 4.98 Å². The van der Waals surface area contributed by atoms with E-state index in [1.165, 1.54) is 10.9 Å². The molecule has 0 bridgehead atoms. The molecule has 3 aromatic rings. The highest BCUT2D eigenvalue weighted by molar-refractivity contribution is 9.10. The van der Waals surface area contributed by atoms with Crippen molar-refractivity contribution in [2.45, 2.75) is 6.42 Å². The first-order valence-electron chi connectivity index (χ1n) is 5.91. The summed E-state index contributed by atoms with van der Waals surface area (Å²) in [5.41, 5.74) is 3.41. The third kappa shape index (κ3) is 2.29. The number of pyridine rings is 1. The number of para-hydroxylation sites is 1. The molecule has 88 valence electrons. The van der Waals surface area contributed by atoms with Crippen molar-refractivity contribution < 1.29 is 0 Å². The molecule has 0 unspecified atom stereocenters. The van der Waals surface area contributed by atoms with Gasteiger partial charge in [0.1, 0.15) is 0 Å². The average molecular weight is 298 g/mol. The van der Waals surface area contributed by atoms with Crippen LogP contribution in [0.2, 0.25) is 0 Å². The lowest BCUT2D eigenvalue weighted by Crippen LogP contribution is -1.94. The molecule has 0 aliphatic carbocycles. The number of aromatic nitrogens is 1. The standard InChI is InChI=1S/C16H12BrN/c17-14-11-13-8-4-5-9-15(13)18-16(14)10-12-6-2-1-3-7-12/h1-9,11H,10H2. The van der Waals surface area contributed by atoms with Crippen LogP contribution in [0.4, 0.5) is 0 Å². The van der Waals surface area contributed by atoms with Gasteiger partial charge in [0.15, 0.2) is 0 Å². The van der Waals surface area contributed by atoms with E-state index in [9.17, 15) is 0 Å². The summed E-state index contributed by atoms with van der Waals surface area (Å²) in [4.78, 5) is 4.72. The van der Waals surface area contributed by atoms with E-state index in [-0.39, 0.29) is 0 Å². The van der Waals surface area contributed by atoms with Gasteiger partial charge in [-0.1, -0.05) is 48.5 Å². The van der Waals surface area contributed by atoms with Gasteiger partial charge in [0.05, 0.1) is 11.2 Å². The van der Waals surface area contributed by atoms with Gasteiger partial charge in [0, 0.05) is 16.3 Å². The Kier molecular flexibility index (Phi) is 3.11. The molecular formula is C16H12BrN. The third-order valence-corrected chi connectivity index (χ3v) is 3.65. The molecule has 0 atom stereocenters. The Balaban J connectivity index is 2.04. The molecule has 0 N–H and O–H groups in total. The summed E-state index contributed by atoms with van der Waals surface area (Å²) >= 11 is 3.61. The van der Waals surface area contributed by atoms with E-state index in [1.807, 2.05) is 18.2 Å². The molecule has 2 heteroatoms. The lowest BCUT2D eigenvalue weighted by molar-refractivity contribution is 1.09. The quantitative estimate of drug-likeness (QED) is 0.674. The van der Waals surface area contributed by atoms with Crippen molar-refractivity contribution in [1.82, 2.24) is 4.98 Å². The monoisotopic (exact) mass is 297 g/mol. The lowest BCUT2D eigenvalue weighted by atomic mass is 10.1. The van der Waals surface area contributed by atoms with E-state index >= 15 is 0 Å². The molecule has 0 radical (unpaired) electrons. The van der Waals surface area contributed by atoms with Gasteiger partial charge in [-0.25, -0.2) is 0 Å². The zero-order valence-corrected chi connectivity index (χ0v) is 11.4. The number of nitrogens with zero attached hydrogens (tertiary/aromatic N) is 1. The summed E-state index contributed by atoms with van der Waals surface area (Å²) in [6.45, 7) is 0. The molecule has 0 fully saturated rings. The molecule has 1 aromatic heterocycles. The SMILES string of the molecule is Brc1cc2ccccc2nc1Cc1ccccc1. The molecule has 3 rings (SSSR count).